The summed E-state index contributed by atoms with van der Waals surface area (Å²) in [5.74, 6) is -0.434. The molecule has 9 heteroatoms. The monoisotopic (exact) mass is 424 g/mol. The number of anilines is 1. The minimum absolute atomic E-state index is 0.00681. The van der Waals surface area contributed by atoms with Crippen LogP contribution in [-0.2, 0) is 16.1 Å². The highest BCUT2D eigenvalue weighted by atomic mass is 32.1. The van der Waals surface area contributed by atoms with Crippen LogP contribution in [0.1, 0.15) is 24.2 Å². The van der Waals surface area contributed by atoms with E-state index in [2.05, 4.69) is 14.9 Å². The standard InChI is InChI=1S/C21H20N4O4S/c1-13-12-30-21-22-15(10-18(26)25(13)21)11-28-19(27)14-6-8-24(9-7-14)20-23-16-4-2-3-5-17(16)29-20/h2-5,10,12,14H,6-9,11H2,1H3. The van der Waals surface area contributed by atoms with Crippen LogP contribution < -0.4 is 10.5 Å². The fourth-order valence-corrected chi connectivity index (χ4v) is 4.63. The molecule has 1 aliphatic rings. The summed E-state index contributed by atoms with van der Waals surface area (Å²) in [7, 11) is 0. The Morgan fingerprint density at radius 2 is 2.07 bits per heavy atom. The molecule has 1 saturated heterocycles. The van der Waals surface area contributed by atoms with Gasteiger partial charge in [0.2, 0.25) is 0 Å². The molecular weight excluding hydrogens is 404 g/mol. The van der Waals surface area contributed by atoms with Gasteiger partial charge in [-0.2, -0.15) is 4.98 Å². The maximum atomic E-state index is 12.5. The number of fused-ring (bicyclic) bond motifs is 2. The number of aryl methyl sites for hydroxylation is 1. The van der Waals surface area contributed by atoms with Gasteiger partial charge < -0.3 is 14.1 Å². The summed E-state index contributed by atoms with van der Waals surface area (Å²) in [6.45, 7) is 3.21. The highest BCUT2D eigenvalue weighted by molar-refractivity contribution is 7.15. The second-order valence-corrected chi connectivity index (χ2v) is 8.25. The molecule has 0 saturated carbocycles. The maximum Gasteiger partial charge on any atom is 0.309 e. The molecular formula is C21H20N4O4S. The van der Waals surface area contributed by atoms with Crippen LogP contribution in [0.3, 0.4) is 0 Å². The molecule has 0 radical (unpaired) electrons. The van der Waals surface area contributed by atoms with E-state index in [1.165, 1.54) is 17.4 Å². The lowest BCUT2D eigenvalue weighted by Gasteiger charge is -2.29. The van der Waals surface area contributed by atoms with E-state index in [0.29, 0.717) is 42.6 Å². The third-order valence-corrected chi connectivity index (χ3v) is 6.32. The van der Waals surface area contributed by atoms with Crippen LogP contribution in [0.15, 0.2) is 44.9 Å². The number of hydrogen-bond donors (Lipinski definition) is 0. The number of carbonyl (C=O) groups excluding carboxylic acids is 1. The van der Waals surface area contributed by atoms with Gasteiger partial charge in [-0.15, -0.1) is 11.3 Å². The van der Waals surface area contributed by atoms with Crippen LogP contribution in [0, 0.1) is 12.8 Å². The molecule has 30 heavy (non-hydrogen) atoms. The fraction of sp³-hybridized carbons (Fsp3) is 0.333. The number of oxazole rings is 1. The summed E-state index contributed by atoms with van der Waals surface area (Å²) in [5, 5.41) is 1.88. The van der Waals surface area contributed by atoms with Crippen LogP contribution in [0.25, 0.3) is 16.1 Å². The largest absolute Gasteiger partial charge is 0.459 e. The molecule has 0 N–H and O–H groups in total. The van der Waals surface area contributed by atoms with E-state index in [1.54, 1.807) is 4.40 Å². The first-order valence-corrected chi connectivity index (χ1v) is 10.7. The molecule has 0 amide bonds. The van der Waals surface area contributed by atoms with Crippen molar-refractivity contribution < 1.29 is 13.9 Å². The lowest BCUT2D eigenvalue weighted by atomic mass is 9.97. The third-order valence-electron chi connectivity index (χ3n) is 5.37. The lowest BCUT2D eigenvalue weighted by Crippen LogP contribution is -2.37. The van der Waals surface area contributed by atoms with Crippen molar-refractivity contribution in [3.05, 3.63) is 57.5 Å². The Hall–Kier alpha value is -3.20. The van der Waals surface area contributed by atoms with Crippen LogP contribution >= 0.6 is 11.3 Å². The number of aromatic nitrogens is 3. The van der Waals surface area contributed by atoms with Crippen molar-refractivity contribution in [1.29, 1.82) is 0 Å². The van der Waals surface area contributed by atoms with Crippen LogP contribution in [0.4, 0.5) is 6.01 Å². The Bertz CT molecular complexity index is 1250. The number of carbonyl (C=O) groups is 1. The van der Waals surface area contributed by atoms with Gasteiger partial charge in [0.05, 0.1) is 11.6 Å². The molecule has 0 aliphatic carbocycles. The van der Waals surface area contributed by atoms with Gasteiger partial charge in [-0.25, -0.2) is 4.98 Å². The van der Waals surface area contributed by atoms with Gasteiger partial charge in [-0.3, -0.25) is 14.0 Å². The second-order valence-electron chi connectivity index (χ2n) is 7.41. The zero-order valence-corrected chi connectivity index (χ0v) is 17.2. The van der Waals surface area contributed by atoms with Crippen molar-refractivity contribution in [2.45, 2.75) is 26.4 Å². The highest BCUT2D eigenvalue weighted by Crippen LogP contribution is 2.27. The summed E-state index contributed by atoms with van der Waals surface area (Å²) in [6, 6.07) is 9.67. The van der Waals surface area contributed by atoms with E-state index in [0.717, 1.165) is 16.8 Å². The molecule has 154 valence electrons. The van der Waals surface area contributed by atoms with E-state index in [-0.39, 0.29) is 24.1 Å². The van der Waals surface area contributed by atoms with Crippen molar-refractivity contribution in [2.75, 3.05) is 18.0 Å². The van der Waals surface area contributed by atoms with Crippen molar-refractivity contribution in [2.24, 2.45) is 5.92 Å². The normalized spacial score (nSPS) is 15.2. The van der Waals surface area contributed by atoms with E-state index in [4.69, 9.17) is 9.15 Å². The van der Waals surface area contributed by atoms with Crippen molar-refractivity contribution in [3.8, 4) is 0 Å². The number of ether oxygens (including phenoxy) is 1. The van der Waals surface area contributed by atoms with Crippen molar-refractivity contribution in [3.63, 3.8) is 0 Å². The number of nitrogens with zero attached hydrogens (tertiary/aromatic N) is 4. The topological polar surface area (TPSA) is 89.9 Å². The summed E-state index contributed by atoms with van der Waals surface area (Å²) < 4.78 is 12.8. The number of hydrogen-bond acceptors (Lipinski definition) is 8. The highest BCUT2D eigenvalue weighted by Gasteiger charge is 2.28. The second kappa shape index (κ2) is 7.56. The molecule has 0 bridgehead atoms. The van der Waals surface area contributed by atoms with Gasteiger partial charge in [0, 0.05) is 30.2 Å². The molecule has 5 rings (SSSR count). The van der Waals surface area contributed by atoms with E-state index < -0.39 is 0 Å². The predicted molar refractivity (Wildman–Crippen MR) is 113 cm³/mol. The zero-order chi connectivity index (χ0) is 20.7. The maximum absolute atomic E-state index is 12.5. The average molecular weight is 424 g/mol. The van der Waals surface area contributed by atoms with E-state index in [9.17, 15) is 9.59 Å². The molecule has 4 heterocycles. The van der Waals surface area contributed by atoms with Crippen molar-refractivity contribution >= 4 is 39.4 Å². The first kappa shape index (κ1) is 18.8. The smallest absolute Gasteiger partial charge is 0.309 e. The lowest BCUT2D eigenvalue weighted by molar-refractivity contribution is -0.150. The Morgan fingerprint density at radius 1 is 1.27 bits per heavy atom. The number of piperidine rings is 1. The predicted octanol–water partition coefficient (Wildman–Crippen LogP) is 3.17. The molecule has 4 aromatic rings. The number of benzene rings is 1. The molecule has 8 nitrogen and oxygen atoms in total. The first-order chi connectivity index (χ1) is 14.6. The Balaban J connectivity index is 1.19. The van der Waals surface area contributed by atoms with Crippen LogP contribution in [0.2, 0.25) is 0 Å². The zero-order valence-electron chi connectivity index (χ0n) is 16.4. The Labute approximate surface area is 175 Å². The molecule has 1 fully saturated rings. The molecule has 0 atom stereocenters. The average Bonchev–Trinajstić information content (AvgIpc) is 3.36. The fourth-order valence-electron chi connectivity index (χ4n) is 3.74. The number of rotatable bonds is 4. The first-order valence-electron chi connectivity index (χ1n) is 9.82. The van der Waals surface area contributed by atoms with Gasteiger partial charge in [-0.05, 0) is 31.9 Å². The van der Waals surface area contributed by atoms with Gasteiger partial charge >= 0.3 is 5.97 Å². The van der Waals surface area contributed by atoms with Gasteiger partial charge in [0.15, 0.2) is 10.5 Å². The van der Waals surface area contributed by atoms with Crippen molar-refractivity contribution in [1.82, 2.24) is 14.4 Å². The Kier molecular flexibility index (Phi) is 4.74. The molecule has 0 spiro atoms. The Morgan fingerprint density at radius 3 is 2.87 bits per heavy atom. The van der Waals surface area contributed by atoms with E-state index >= 15 is 0 Å². The van der Waals surface area contributed by atoms with Gasteiger partial charge in [0.25, 0.3) is 11.6 Å². The quantitative estimate of drug-likeness (QED) is 0.465. The molecule has 0 unspecified atom stereocenters. The minimum Gasteiger partial charge on any atom is -0.459 e. The number of thiazole rings is 1. The summed E-state index contributed by atoms with van der Waals surface area (Å²) in [6.07, 6.45) is 1.33. The molecule has 3 aromatic heterocycles. The van der Waals surface area contributed by atoms with Crippen LogP contribution in [-0.4, -0.2) is 33.4 Å². The summed E-state index contributed by atoms with van der Waals surface area (Å²) in [4.78, 5) is 36.4. The van der Waals surface area contributed by atoms with E-state index in [1.807, 2.05) is 36.6 Å². The number of esters is 1. The van der Waals surface area contributed by atoms with Gasteiger partial charge in [0.1, 0.15) is 12.1 Å². The SMILES string of the molecule is Cc1csc2nc(COC(=O)C3CCN(c4nc5ccccc5o4)CC3)cc(=O)n12. The third kappa shape index (κ3) is 3.45. The molecule has 1 aromatic carbocycles. The minimum atomic E-state index is -0.253. The number of para-hydroxylation sites is 2. The molecule has 1 aliphatic heterocycles. The summed E-state index contributed by atoms with van der Waals surface area (Å²) >= 11 is 1.40. The van der Waals surface area contributed by atoms with Crippen LogP contribution in [0.5, 0.6) is 0 Å². The summed E-state index contributed by atoms with van der Waals surface area (Å²) in [5.41, 5.74) is 2.75. The van der Waals surface area contributed by atoms with Gasteiger partial charge in [-0.1, -0.05) is 12.1 Å².